The summed E-state index contributed by atoms with van der Waals surface area (Å²) >= 11 is 7.37. The van der Waals surface area contributed by atoms with E-state index in [9.17, 15) is 4.79 Å². The fraction of sp³-hybridized carbons (Fsp3) is 0.111. The number of rotatable bonds is 1. The highest BCUT2D eigenvalue weighted by molar-refractivity contribution is 14.1. The summed E-state index contributed by atoms with van der Waals surface area (Å²) in [5, 5.41) is 8.21. The molecule has 0 saturated heterocycles. The lowest BCUT2D eigenvalue weighted by Crippen LogP contribution is -1.95. The van der Waals surface area contributed by atoms with E-state index >= 15 is 0 Å². The summed E-state index contributed by atoms with van der Waals surface area (Å²) in [7, 11) is 0. The molecule has 0 spiro atoms. The molecule has 0 heterocycles. The molecular weight excluding hydrogens is 300 g/mol. The molecule has 66 valence electrons. The SMILES string of the molecule is Cc1cc(C(=O)Cl)cc(C#N)c1I. The van der Waals surface area contributed by atoms with E-state index in [1.54, 1.807) is 6.07 Å². The Hall–Kier alpha value is -0.600. The minimum atomic E-state index is -0.531. The molecule has 0 amide bonds. The number of aryl methyl sites for hydroxylation is 1. The van der Waals surface area contributed by atoms with E-state index in [0.717, 1.165) is 9.13 Å². The van der Waals surface area contributed by atoms with Gasteiger partial charge in [0.05, 0.1) is 5.56 Å². The van der Waals surface area contributed by atoms with Crippen LogP contribution in [0.5, 0.6) is 0 Å². The minimum Gasteiger partial charge on any atom is -0.276 e. The number of nitrogens with zero attached hydrogens (tertiary/aromatic N) is 1. The molecule has 1 aromatic carbocycles. The highest BCUT2D eigenvalue weighted by atomic mass is 127. The molecule has 0 aliphatic carbocycles. The van der Waals surface area contributed by atoms with E-state index in [1.807, 2.05) is 13.0 Å². The van der Waals surface area contributed by atoms with Gasteiger partial charge in [0.1, 0.15) is 6.07 Å². The molecule has 0 aliphatic rings. The Morgan fingerprint density at radius 2 is 2.23 bits per heavy atom. The van der Waals surface area contributed by atoms with Crippen LogP contribution < -0.4 is 0 Å². The van der Waals surface area contributed by atoms with Gasteiger partial charge in [0, 0.05) is 9.13 Å². The largest absolute Gasteiger partial charge is 0.276 e. The van der Waals surface area contributed by atoms with Crippen molar-refractivity contribution in [3.05, 3.63) is 32.4 Å². The molecule has 0 N–H and O–H groups in total. The number of hydrogen-bond acceptors (Lipinski definition) is 2. The lowest BCUT2D eigenvalue weighted by Gasteiger charge is -2.02. The van der Waals surface area contributed by atoms with Crippen molar-refractivity contribution in [1.29, 1.82) is 5.26 Å². The van der Waals surface area contributed by atoms with Crippen LogP contribution in [0.15, 0.2) is 12.1 Å². The molecule has 0 saturated carbocycles. The van der Waals surface area contributed by atoms with Gasteiger partial charge >= 0.3 is 0 Å². The first-order chi connectivity index (χ1) is 6.06. The van der Waals surface area contributed by atoms with Gasteiger partial charge in [0.25, 0.3) is 5.24 Å². The van der Waals surface area contributed by atoms with Crippen molar-refractivity contribution in [3.8, 4) is 6.07 Å². The topological polar surface area (TPSA) is 40.9 Å². The Morgan fingerprint density at radius 1 is 1.62 bits per heavy atom. The second-order valence-corrected chi connectivity index (χ2v) is 3.96. The predicted octanol–water partition coefficient (Wildman–Crippen LogP) is 2.85. The smallest absolute Gasteiger partial charge is 0.252 e. The fourth-order valence-corrected chi connectivity index (χ4v) is 1.51. The average molecular weight is 306 g/mol. The third-order valence-electron chi connectivity index (χ3n) is 1.60. The van der Waals surface area contributed by atoms with E-state index in [2.05, 4.69) is 22.6 Å². The molecule has 1 aromatic rings. The van der Waals surface area contributed by atoms with Crippen molar-refractivity contribution in [1.82, 2.24) is 0 Å². The van der Waals surface area contributed by atoms with Crippen molar-refractivity contribution in [2.24, 2.45) is 0 Å². The van der Waals surface area contributed by atoms with Crippen molar-refractivity contribution >= 4 is 39.4 Å². The van der Waals surface area contributed by atoms with Crippen molar-refractivity contribution in [2.75, 3.05) is 0 Å². The van der Waals surface area contributed by atoms with E-state index in [0.29, 0.717) is 11.1 Å². The maximum absolute atomic E-state index is 10.8. The van der Waals surface area contributed by atoms with Gasteiger partial charge in [-0.3, -0.25) is 4.79 Å². The maximum Gasteiger partial charge on any atom is 0.252 e. The first kappa shape index (κ1) is 10.5. The maximum atomic E-state index is 10.8. The zero-order valence-corrected chi connectivity index (χ0v) is 9.68. The third-order valence-corrected chi connectivity index (χ3v) is 3.25. The molecule has 4 heteroatoms. The Morgan fingerprint density at radius 3 is 2.69 bits per heavy atom. The fourth-order valence-electron chi connectivity index (χ4n) is 0.964. The van der Waals surface area contributed by atoms with Crippen LogP contribution in [0, 0.1) is 21.8 Å². The summed E-state index contributed by atoms with van der Waals surface area (Å²) in [6, 6.07) is 5.20. The van der Waals surface area contributed by atoms with Gasteiger partial charge < -0.3 is 0 Å². The van der Waals surface area contributed by atoms with Crippen LogP contribution in [0.3, 0.4) is 0 Å². The summed E-state index contributed by atoms with van der Waals surface area (Å²) in [4.78, 5) is 10.8. The molecule has 0 fully saturated rings. The second-order valence-electron chi connectivity index (χ2n) is 2.54. The third kappa shape index (κ3) is 2.20. The van der Waals surface area contributed by atoms with Crippen molar-refractivity contribution in [3.63, 3.8) is 0 Å². The zero-order valence-electron chi connectivity index (χ0n) is 6.77. The molecule has 2 nitrogen and oxygen atoms in total. The minimum absolute atomic E-state index is 0.371. The van der Waals surface area contributed by atoms with Crippen LogP contribution in [-0.4, -0.2) is 5.24 Å². The second kappa shape index (κ2) is 4.07. The summed E-state index contributed by atoms with van der Waals surface area (Å²) < 4.78 is 0.863. The lowest BCUT2D eigenvalue weighted by atomic mass is 10.1. The summed E-state index contributed by atoms with van der Waals surface area (Å²) in [6.45, 7) is 1.84. The first-order valence-corrected chi connectivity index (χ1v) is 4.92. The monoisotopic (exact) mass is 305 g/mol. The molecular formula is C9H5ClINO. The Kier molecular flexibility index (Phi) is 3.28. The van der Waals surface area contributed by atoms with Gasteiger partial charge in [-0.2, -0.15) is 5.26 Å². The standard InChI is InChI=1S/C9H5ClINO/c1-5-2-6(9(10)13)3-7(4-12)8(5)11/h2-3H,1H3. The van der Waals surface area contributed by atoms with Crippen LogP contribution in [-0.2, 0) is 0 Å². The number of halogens is 2. The van der Waals surface area contributed by atoms with E-state index in [-0.39, 0.29) is 0 Å². The quantitative estimate of drug-likeness (QED) is 0.591. The van der Waals surface area contributed by atoms with Crippen LogP contribution in [0.1, 0.15) is 21.5 Å². The Balaban J connectivity index is 3.41. The first-order valence-electron chi connectivity index (χ1n) is 3.46. The lowest BCUT2D eigenvalue weighted by molar-refractivity contribution is 0.108. The van der Waals surface area contributed by atoms with Gasteiger partial charge in [-0.15, -0.1) is 0 Å². The summed E-state index contributed by atoms with van der Waals surface area (Å²) in [5.74, 6) is 0. The van der Waals surface area contributed by atoms with E-state index in [4.69, 9.17) is 16.9 Å². The van der Waals surface area contributed by atoms with Crippen LogP contribution >= 0.6 is 34.2 Å². The molecule has 0 aliphatic heterocycles. The molecule has 0 unspecified atom stereocenters. The van der Waals surface area contributed by atoms with E-state index < -0.39 is 5.24 Å². The van der Waals surface area contributed by atoms with Gasteiger partial charge in [0.2, 0.25) is 0 Å². The number of nitriles is 1. The average Bonchev–Trinajstić information content (AvgIpc) is 2.09. The van der Waals surface area contributed by atoms with E-state index in [1.165, 1.54) is 6.07 Å². The molecule has 13 heavy (non-hydrogen) atoms. The highest BCUT2D eigenvalue weighted by Crippen LogP contribution is 2.19. The van der Waals surface area contributed by atoms with Gasteiger partial charge in [-0.25, -0.2) is 0 Å². The Labute approximate surface area is 94.6 Å². The summed E-state index contributed by atoms with van der Waals surface area (Å²) in [5.41, 5.74) is 1.75. The number of carbonyl (C=O) groups excluding carboxylic acids is 1. The molecule has 1 rings (SSSR count). The van der Waals surface area contributed by atoms with Crippen LogP contribution in [0.4, 0.5) is 0 Å². The molecule has 0 bridgehead atoms. The number of benzene rings is 1. The van der Waals surface area contributed by atoms with Crippen LogP contribution in [0.2, 0.25) is 0 Å². The van der Waals surface area contributed by atoms with Crippen molar-refractivity contribution in [2.45, 2.75) is 6.92 Å². The van der Waals surface area contributed by atoms with Gasteiger partial charge in [-0.1, -0.05) is 0 Å². The molecule has 0 atom stereocenters. The van der Waals surface area contributed by atoms with Crippen LogP contribution in [0.25, 0.3) is 0 Å². The van der Waals surface area contributed by atoms with Gasteiger partial charge in [-0.05, 0) is 58.8 Å². The van der Waals surface area contributed by atoms with Gasteiger partial charge in [0.15, 0.2) is 0 Å². The molecule has 0 aromatic heterocycles. The summed E-state index contributed by atoms with van der Waals surface area (Å²) in [6.07, 6.45) is 0. The highest BCUT2D eigenvalue weighted by Gasteiger charge is 2.08. The number of carbonyl (C=O) groups is 1. The predicted molar refractivity (Wildman–Crippen MR) is 58.8 cm³/mol. The Bertz CT molecular complexity index is 409. The number of hydrogen-bond donors (Lipinski definition) is 0. The zero-order chi connectivity index (χ0) is 10.0. The molecule has 0 radical (unpaired) electrons. The normalized spacial score (nSPS) is 9.38. The van der Waals surface area contributed by atoms with Crippen molar-refractivity contribution < 1.29 is 4.79 Å².